The number of nitrogens with zero attached hydrogens (tertiary/aromatic N) is 1. The van der Waals surface area contributed by atoms with Crippen LogP contribution in [0.1, 0.15) is 45.4 Å². The average Bonchev–Trinajstić information content (AvgIpc) is 2.70. The molecule has 0 radical (unpaired) electrons. The van der Waals surface area contributed by atoms with Gasteiger partial charge in [-0.3, -0.25) is 4.90 Å². The van der Waals surface area contributed by atoms with E-state index < -0.39 is 0 Å². The van der Waals surface area contributed by atoms with E-state index in [1.165, 1.54) is 12.8 Å². The van der Waals surface area contributed by atoms with Gasteiger partial charge in [-0.2, -0.15) is 0 Å². The zero-order valence-corrected chi connectivity index (χ0v) is 11.0. The number of aliphatic hydroxyl groups excluding tert-OH is 1. The molecule has 0 bridgehead atoms. The lowest BCUT2D eigenvalue weighted by atomic mass is 10.0. The van der Waals surface area contributed by atoms with Crippen LogP contribution in [0.3, 0.4) is 0 Å². The normalized spacial score (nSPS) is 23.5. The van der Waals surface area contributed by atoms with E-state index in [-0.39, 0.29) is 0 Å². The molecule has 2 atom stereocenters. The van der Waals surface area contributed by atoms with Crippen LogP contribution in [0.15, 0.2) is 0 Å². The quantitative estimate of drug-likeness (QED) is 0.669. The molecule has 0 saturated carbocycles. The minimum atomic E-state index is 0.302. The molecular weight excluding hydrogens is 220 g/mol. The Morgan fingerprint density at radius 1 is 1.62 bits per heavy atom. The van der Waals surface area contributed by atoms with Crippen LogP contribution in [0, 0.1) is 0 Å². The topological polar surface area (TPSA) is 49.5 Å². The van der Waals surface area contributed by atoms with Crippen molar-refractivity contribution >= 4 is 17.2 Å². The van der Waals surface area contributed by atoms with Gasteiger partial charge in [0.2, 0.25) is 0 Å². The highest BCUT2D eigenvalue weighted by Gasteiger charge is 2.29. The Kier molecular flexibility index (Phi) is 6.24. The van der Waals surface area contributed by atoms with Crippen molar-refractivity contribution in [1.82, 2.24) is 4.90 Å². The predicted molar refractivity (Wildman–Crippen MR) is 71.5 cm³/mol. The minimum Gasteiger partial charge on any atom is -0.396 e. The standard InChI is InChI=1S/C12H24N2OS/c1-2-10(9-12(13)16)14-7-3-5-11(14)6-4-8-15/h10-11,15H,2-9H2,1H3,(H2,13,16). The molecular formula is C12H24N2OS. The highest BCUT2D eigenvalue weighted by molar-refractivity contribution is 7.80. The van der Waals surface area contributed by atoms with Crippen molar-refractivity contribution in [3.63, 3.8) is 0 Å². The maximum atomic E-state index is 8.89. The Morgan fingerprint density at radius 2 is 2.38 bits per heavy atom. The minimum absolute atomic E-state index is 0.302. The molecule has 1 heterocycles. The Morgan fingerprint density at radius 3 is 2.94 bits per heavy atom. The van der Waals surface area contributed by atoms with Gasteiger partial charge in [0.1, 0.15) is 0 Å². The average molecular weight is 244 g/mol. The van der Waals surface area contributed by atoms with E-state index in [1.807, 2.05) is 0 Å². The Bertz CT molecular complexity index is 223. The summed E-state index contributed by atoms with van der Waals surface area (Å²) in [4.78, 5) is 3.18. The van der Waals surface area contributed by atoms with Gasteiger partial charge in [-0.05, 0) is 38.6 Å². The summed E-state index contributed by atoms with van der Waals surface area (Å²) in [6.45, 7) is 3.66. The van der Waals surface area contributed by atoms with E-state index in [4.69, 9.17) is 23.1 Å². The molecule has 1 saturated heterocycles. The van der Waals surface area contributed by atoms with Crippen molar-refractivity contribution in [2.24, 2.45) is 5.73 Å². The Labute approximate surface area is 104 Å². The summed E-state index contributed by atoms with van der Waals surface area (Å²) in [5.74, 6) is 0. The molecule has 0 spiro atoms. The van der Waals surface area contributed by atoms with Gasteiger partial charge >= 0.3 is 0 Å². The van der Waals surface area contributed by atoms with Crippen LogP contribution in [-0.4, -0.2) is 40.2 Å². The van der Waals surface area contributed by atoms with E-state index in [1.54, 1.807) is 0 Å². The molecule has 2 unspecified atom stereocenters. The number of rotatable bonds is 7. The van der Waals surface area contributed by atoms with Crippen LogP contribution in [0.2, 0.25) is 0 Å². The summed E-state index contributed by atoms with van der Waals surface area (Å²) < 4.78 is 0. The van der Waals surface area contributed by atoms with Gasteiger partial charge in [0, 0.05) is 25.1 Å². The molecule has 1 fully saturated rings. The fourth-order valence-electron chi connectivity index (χ4n) is 2.70. The van der Waals surface area contributed by atoms with E-state index in [2.05, 4.69) is 11.8 Å². The monoisotopic (exact) mass is 244 g/mol. The van der Waals surface area contributed by atoms with Crippen LogP contribution in [-0.2, 0) is 0 Å². The van der Waals surface area contributed by atoms with Crippen LogP contribution in [0.5, 0.6) is 0 Å². The summed E-state index contributed by atoms with van der Waals surface area (Å²) in [6.07, 6.45) is 6.47. The number of likely N-dealkylation sites (tertiary alicyclic amines) is 1. The van der Waals surface area contributed by atoms with Gasteiger partial charge in [0.15, 0.2) is 0 Å². The lowest BCUT2D eigenvalue weighted by molar-refractivity contribution is 0.161. The zero-order chi connectivity index (χ0) is 12.0. The summed E-state index contributed by atoms with van der Waals surface area (Å²) >= 11 is 5.01. The molecule has 3 N–H and O–H groups in total. The number of hydrogen-bond acceptors (Lipinski definition) is 3. The molecule has 1 aliphatic heterocycles. The van der Waals surface area contributed by atoms with E-state index in [9.17, 15) is 0 Å². The molecule has 4 heteroatoms. The first-order valence-corrected chi connectivity index (χ1v) is 6.74. The second-order valence-electron chi connectivity index (χ2n) is 4.63. The number of nitrogens with two attached hydrogens (primary N) is 1. The molecule has 0 aromatic carbocycles. The second-order valence-corrected chi connectivity index (χ2v) is 5.16. The Balaban J connectivity index is 2.50. The second kappa shape index (κ2) is 7.20. The van der Waals surface area contributed by atoms with E-state index >= 15 is 0 Å². The predicted octanol–water partition coefficient (Wildman–Crippen LogP) is 1.68. The first kappa shape index (κ1) is 13.9. The third-order valence-corrected chi connectivity index (χ3v) is 3.66. The molecule has 16 heavy (non-hydrogen) atoms. The summed E-state index contributed by atoms with van der Waals surface area (Å²) in [5.41, 5.74) is 5.65. The number of thiocarbonyl (C=S) groups is 1. The van der Waals surface area contributed by atoms with Gasteiger partial charge in [-0.15, -0.1) is 0 Å². The van der Waals surface area contributed by atoms with Crippen LogP contribution in [0.4, 0.5) is 0 Å². The van der Waals surface area contributed by atoms with Crippen molar-refractivity contribution in [2.75, 3.05) is 13.2 Å². The number of hydrogen-bond donors (Lipinski definition) is 2. The lowest BCUT2D eigenvalue weighted by Gasteiger charge is -2.32. The van der Waals surface area contributed by atoms with Crippen molar-refractivity contribution in [3.8, 4) is 0 Å². The largest absolute Gasteiger partial charge is 0.396 e. The molecule has 1 rings (SSSR count). The maximum Gasteiger partial charge on any atom is 0.0743 e. The maximum absolute atomic E-state index is 8.89. The van der Waals surface area contributed by atoms with Crippen LogP contribution >= 0.6 is 12.2 Å². The van der Waals surface area contributed by atoms with Gasteiger partial charge in [-0.25, -0.2) is 0 Å². The van der Waals surface area contributed by atoms with Crippen LogP contribution in [0.25, 0.3) is 0 Å². The van der Waals surface area contributed by atoms with Crippen molar-refractivity contribution < 1.29 is 5.11 Å². The fraction of sp³-hybridized carbons (Fsp3) is 0.917. The first-order valence-electron chi connectivity index (χ1n) is 6.34. The molecule has 0 amide bonds. The van der Waals surface area contributed by atoms with Gasteiger partial charge < -0.3 is 10.8 Å². The van der Waals surface area contributed by atoms with E-state index in [0.717, 1.165) is 32.2 Å². The van der Waals surface area contributed by atoms with Gasteiger partial charge in [-0.1, -0.05) is 19.1 Å². The summed E-state index contributed by atoms with van der Waals surface area (Å²) in [5, 5.41) is 8.89. The SMILES string of the molecule is CCC(CC(N)=S)N1CCCC1CCCO. The Hall–Kier alpha value is -0.190. The first-order chi connectivity index (χ1) is 7.69. The molecule has 0 aromatic rings. The van der Waals surface area contributed by atoms with Gasteiger partial charge in [0.05, 0.1) is 4.99 Å². The summed E-state index contributed by atoms with van der Waals surface area (Å²) in [7, 11) is 0. The van der Waals surface area contributed by atoms with Crippen molar-refractivity contribution in [2.45, 2.75) is 57.5 Å². The molecule has 94 valence electrons. The highest BCUT2D eigenvalue weighted by Crippen LogP contribution is 2.26. The summed E-state index contributed by atoms with van der Waals surface area (Å²) in [6, 6.07) is 1.13. The zero-order valence-electron chi connectivity index (χ0n) is 10.2. The van der Waals surface area contributed by atoms with E-state index in [0.29, 0.717) is 23.7 Å². The number of aliphatic hydroxyl groups is 1. The molecule has 1 aliphatic rings. The fourth-order valence-corrected chi connectivity index (χ4v) is 2.90. The van der Waals surface area contributed by atoms with Crippen molar-refractivity contribution in [1.29, 1.82) is 0 Å². The lowest BCUT2D eigenvalue weighted by Crippen LogP contribution is -2.40. The molecule has 0 aliphatic carbocycles. The smallest absolute Gasteiger partial charge is 0.0743 e. The highest BCUT2D eigenvalue weighted by atomic mass is 32.1. The van der Waals surface area contributed by atoms with Crippen LogP contribution < -0.4 is 5.73 Å². The molecule has 0 aromatic heterocycles. The van der Waals surface area contributed by atoms with Gasteiger partial charge in [0.25, 0.3) is 0 Å². The van der Waals surface area contributed by atoms with Crippen molar-refractivity contribution in [3.05, 3.63) is 0 Å². The third kappa shape index (κ3) is 4.00. The third-order valence-electron chi connectivity index (χ3n) is 3.50. The molecule has 3 nitrogen and oxygen atoms in total.